The van der Waals surface area contributed by atoms with E-state index in [2.05, 4.69) is 10.5 Å². The second-order valence-corrected chi connectivity index (χ2v) is 5.89. The van der Waals surface area contributed by atoms with Crippen molar-refractivity contribution in [1.82, 2.24) is 0 Å². The number of hydrogen-bond acceptors (Lipinski definition) is 4. The highest BCUT2D eigenvalue weighted by atomic mass is 19.1. The highest BCUT2D eigenvalue weighted by molar-refractivity contribution is 6.01. The van der Waals surface area contributed by atoms with E-state index in [1.54, 1.807) is 12.1 Å². The van der Waals surface area contributed by atoms with E-state index in [-0.39, 0.29) is 18.7 Å². The Kier molecular flexibility index (Phi) is 4.04. The Morgan fingerprint density at radius 1 is 1.08 bits per heavy atom. The van der Waals surface area contributed by atoms with Gasteiger partial charge in [0.1, 0.15) is 18.9 Å². The Morgan fingerprint density at radius 3 is 2.79 bits per heavy atom. The molecule has 2 aliphatic heterocycles. The second kappa shape index (κ2) is 6.49. The third-order valence-corrected chi connectivity index (χ3v) is 4.16. The van der Waals surface area contributed by atoms with Crippen LogP contribution < -0.4 is 14.8 Å². The SMILES string of the molecule is Fc1ccc(C[NH2+]C[C@@H]2CC(c3ccc4c(c3)OCO4)=NO2)cc1. The minimum Gasteiger partial charge on any atom is -0.454 e. The molecule has 4 rings (SSSR count). The molecule has 2 aliphatic rings. The van der Waals surface area contributed by atoms with E-state index in [9.17, 15) is 4.39 Å². The molecule has 0 bridgehead atoms. The molecule has 0 saturated heterocycles. The van der Waals surface area contributed by atoms with Crippen molar-refractivity contribution in [2.24, 2.45) is 5.16 Å². The summed E-state index contributed by atoms with van der Waals surface area (Å²) in [6.45, 7) is 1.86. The molecule has 2 N–H and O–H groups in total. The standard InChI is InChI=1S/C18H17FN2O3/c19-14-4-1-12(2-5-14)9-20-10-15-8-16(21-24-15)13-3-6-17-18(7-13)23-11-22-17/h1-7,15,20H,8-11H2/p+1/t15-/m0/s1. The number of nitrogens with two attached hydrogens (primary N) is 1. The maximum Gasteiger partial charge on any atom is 0.231 e. The van der Waals surface area contributed by atoms with E-state index in [1.165, 1.54) is 12.1 Å². The Bertz CT molecular complexity index is 761. The molecule has 5 nitrogen and oxygen atoms in total. The lowest BCUT2D eigenvalue weighted by atomic mass is 10.0. The zero-order chi connectivity index (χ0) is 16.4. The van der Waals surface area contributed by atoms with Crippen molar-refractivity contribution < 1.29 is 24.0 Å². The van der Waals surface area contributed by atoms with E-state index in [4.69, 9.17) is 14.3 Å². The number of hydrogen-bond donors (Lipinski definition) is 1. The predicted molar refractivity (Wildman–Crippen MR) is 85.5 cm³/mol. The zero-order valence-electron chi connectivity index (χ0n) is 13.1. The van der Waals surface area contributed by atoms with E-state index >= 15 is 0 Å². The van der Waals surface area contributed by atoms with Crippen LogP contribution in [0.2, 0.25) is 0 Å². The van der Waals surface area contributed by atoms with E-state index in [0.29, 0.717) is 0 Å². The molecule has 0 aliphatic carbocycles. The maximum atomic E-state index is 12.9. The van der Waals surface area contributed by atoms with Crippen LogP contribution >= 0.6 is 0 Å². The second-order valence-electron chi connectivity index (χ2n) is 5.89. The lowest BCUT2D eigenvalue weighted by Gasteiger charge is -2.07. The van der Waals surface area contributed by atoms with Crippen molar-refractivity contribution in [3.8, 4) is 11.5 Å². The van der Waals surface area contributed by atoms with Gasteiger partial charge in [-0.15, -0.1) is 0 Å². The monoisotopic (exact) mass is 329 g/mol. The molecule has 6 heteroatoms. The number of halogens is 1. The van der Waals surface area contributed by atoms with Gasteiger partial charge in [-0.3, -0.25) is 0 Å². The lowest BCUT2D eigenvalue weighted by molar-refractivity contribution is -0.676. The summed E-state index contributed by atoms with van der Waals surface area (Å²) in [5, 5.41) is 6.35. The molecule has 1 atom stereocenters. The fourth-order valence-corrected chi connectivity index (χ4v) is 2.86. The van der Waals surface area contributed by atoms with Gasteiger partial charge in [0.2, 0.25) is 6.79 Å². The van der Waals surface area contributed by atoms with Crippen LogP contribution in [-0.2, 0) is 11.4 Å². The Labute approximate surface area is 139 Å². The topological polar surface area (TPSA) is 56.7 Å². The summed E-state index contributed by atoms with van der Waals surface area (Å²) in [6.07, 6.45) is 0.811. The van der Waals surface area contributed by atoms with Crippen molar-refractivity contribution in [3.63, 3.8) is 0 Å². The number of benzene rings is 2. The van der Waals surface area contributed by atoms with E-state index < -0.39 is 0 Å². The first-order valence-corrected chi connectivity index (χ1v) is 7.97. The van der Waals surface area contributed by atoms with Crippen LogP contribution in [0.5, 0.6) is 11.5 Å². The van der Waals surface area contributed by atoms with Gasteiger partial charge in [-0.1, -0.05) is 17.3 Å². The summed E-state index contributed by atoms with van der Waals surface area (Å²) in [7, 11) is 0. The Balaban J connectivity index is 1.29. The highest BCUT2D eigenvalue weighted by Crippen LogP contribution is 2.33. The summed E-state index contributed by atoms with van der Waals surface area (Å²) < 4.78 is 23.6. The molecular formula is C18H18FN2O3+. The molecule has 0 spiro atoms. The van der Waals surface area contributed by atoms with Gasteiger partial charge in [-0.05, 0) is 30.3 Å². The molecule has 0 saturated carbocycles. The van der Waals surface area contributed by atoms with Gasteiger partial charge in [-0.25, -0.2) is 4.39 Å². The Hall–Kier alpha value is -2.60. The number of ether oxygens (including phenoxy) is 2. The normalized spacial score (nSPS) is 18.4. The van der Waals surface area contributed by atoms with Gasteiger partial charge < -0.3 is 19.6 Å². The van der Waals surface area contributed by atoms with Crippen molar-refractivity contribution in [1.29, 1.82) is 0 Å². The largest absolute Gasteiger partial charge is 0.454 e. The third kappa shape index (κ3) is 3.19. The molecule has 2 aromatic rings. The Morgan fingerprint density at radius 2 is 1.92 bits per heavy atom. The average Bonchev–Trinajstić information content (AvgIpc) is 3.25. The summed E-state index contributed by atoms with van der Waals surface area (Å²) in [6, 6.07) is 12.4. The molecule has 24 heavy (non-hydrogen) atoms. The van der Waals surface area contributed by atoms with Gasteiger partial charge in [0.25, 0.3) is 0 Å². The lowest BCUT2D eigenvalue weighted by Crippen LogP contribution is -2.84. The van der Waals surface area contributed by atoms with Crippen molar-refractivity contribution in [2.75, 3.05) is 13.3 Å². The first kappa shape index (κ1) is 15.0. The van der Waals surface area contributed by atoms with Gasteiger partial charge >= 0.3 is 0 Å². The number of rotatable bonds is 5. The minimum absolute atomic E-state index is 0.0471. The summed E-state index contributed by atoms with van der Waals surface area (Å²) in [5.41, 5.74) is 3.01. The third-order valence-electron chi connectivity index (χ3n) is 4.16. The smallest absolute Gasteiger partial charge is 0.231 e. The fourth-order valence-electron chi connectivity index (χ4n) is 2.86. The van der Waals surface area contributed by atoms with Crippen molar-refractivity contribution in [3.05, 3.63) is 59.4 Å². The summed E-state index contributed by atoms with van der Waals surface area (Å²) >= 11 is 0. The molecule has 0 unspecified atom stereocenters. The molecule has 124 valence electrons. The molecule has 2 aromatic carbocycles. The molecule has 0 radical (unpaired) electrons. The van der Waals surface area contributed by atoms with Crippen LogP contribution in [0, 0.1) is 5.82 Å². The first-order valence-electron chi connectivity index (χ1n) is 7.97. The van der Waals surface area contributed by atoms with Crippen LogP contribution in [0.15, 0.2) is 47.6 Å². The first-order chi connectivity index (χ1) is 11.8. The fraction of sp³-hybridized carbons (Fsp3) is 0.278. The molecule has 2 heterocycles. The van der Waals surface area contributed by atoms with Gasteiger partial charge in [0.05, 0.1) is 5.71 Å². The summed E-state index contributed by atoms with van der Waals surface area (Å²) in [4.78, 5) is 5.52. The number of fused-ring (bicyclic) bond motifs is 1. The number of quaternary nitrogens is 1. The van der Waals surface area contributed by atoms with Crippen LogP contribution in [0.1, 0.15) is 17.5 Å². The zero-order valence-corrected chi connectivity index (χ0v) is 13.1. The van der Waals surface area contributed by atoms with Gasteiger partial charge in [0, 0.05) is 17.5 Å². The average molecular weight is 329 g/mol. The minimum atomic E-state index is -0.209. The quantitative estimate of drug-likeness (QED) is 0.910. The number of oxime groups is 1. The van der Waals surface area contributed by atoms with Crippen LogP contribution in [-0.4, -0.2) is 25.2 Å². The maximum absolute atomic E-state index is 12.9. The molecule has 0 aromatic heterocycles. The van der Waals surface area contributed by atoms with Crippen LogP contribution in [0.25, 0.3) is 0 Å². The van der Waals surface area contributed by atoms with Gasteiger partial charge in [0.15, 0.2) is 17.6 Å². The van der Waals surface area contributed by atoms with E-state index in [1.807, 2.05) is 18.2 Å². The van der Waals surface area contributed by atoms with Crippen molar-refractivity contribution >= 4 is 5.71 Å². The van der Waals surface area contributed by atoms with E-state index in [0.717, 1.165) is 47.8 Å². The highest BCUT2D eigenvalue weighted by Gasteiger charge is 2.25. The van der Waals surface area contributed by atoms with Gasteiger partial charge in [-0.2, -0.15) is 0 Å². The molecular weight excluding hydrogens is 311 g/mol. The molecule has 0 fully saturated rings. The number of nitrogens with zero attached hydrogens (tertiary/aromatic N) is 1. The van der Waals surface area contributed by atoms with Crippen LogP contribution in [0.4, 0.5) is 4.39 Å². The molecule has 0 amide bonds. The predicted octanol–water partition coefficient (Wildman–Crippen LogP) is 1.81. The van der Waals surface area contributed by atoms with Crippen molar-refractivity contribution in [2.45, 2.75) is 19.1 Å². The van der Waals surface area contributed by atoms with Crippen LogP contribution in [0.3, 0.4) is 0 Å². The summed E-state index contributed by atoms with van der Waals surface area (Å²) in [5.74, 6) is 1.31.